The molecule has 0 saturated carbocycles. The van der Waals surface area contributed by atoms with E-state index in [-0.39, 0.29) is 39.8 Å². The molecule has 0 radical (unpaired) electrons. The zero-order valence-corrected chi connectivity index (χ0v) is 26.8. The molecular weight excluding hydrogens is 636 g/mol. The number of benzene rings is 4. The van der Waals surface area contributed by atoms with Crippen LogP contribution in [-0.2, 0) is 22.6 Å². The largest absolute Gasteiger partial charge is 0.450 e. The monoisotopic (exact) mass is 660 g/mol. The smallest absolute Gasteiger partial charge is 0.297 e. The molecule has 0 saturated heterocycles. The SMILES string of the molecule is Cc1ccc(CN2C(=O)C3(c4ccccc42)c2c(oc4ccc(C)cc4c2=O)C(=O)N3c2nnc(SCc3ccc(F)cc3)s2)cc1. The molecule has 0 aliphatic carbocycles. The van der Waals surface area contributed by atoms with Gasteiger partial charge >= 0.3 is 0 Å². The first kappa shape index (κ1) is 29.3. The van der Waals surface area contributed by atoms with Crippen LogP contribution < -0.4 is 15.2 Å². The zero-order chi connectivity index (χ0) is 32.4. The van der Waals surface area contributed by atoms with E-state index in [0.29, 0.717) is 21.3 Å². The summed E-state index contributed by atoms with van der Waals surface area (Å²) in [6.45, 7) is 4.08. The van der Waals surface area contributed by atoms with Crippen LogP contribution in [-0.4, -0.2) is 22.0 Å². The summed E-state index contributed by atoms with van der Waals surface area (Å²) in [7, 11) is 0. The van der Waals surface area contributed by atoms with Gasteiger partial charge in [0.05, 0.1) is 23.2 Å². The van der Waals surface area contributed by atoms with Gasteiger partial charge < -0.3 is 9.32 Å². The van der Waals surface area contributed by atoms with E-state index in [9.17, 15) is 14.0 Å². The second-order valence-corrected chi connectivity index (χ2v) is 13.8. The third kappa shape index (κ3) is 4.52. The number of hydrogen-bond acceptors (Lipinski definition) is 8. The number of aromatic nitrogens is 2. The number of fused-ring (bicyclic) bond motifs is 5. The Morgan fingerprint density at radius 1 is 0.872 bits per heavy atom. The standard InChI is InChI=1S/C36H25FN4O4S2/c1-20-7-10-22(11-8-20)18-40-27-6-4-3-5-26(27)36(33(40)44)29-30(42)25-17-21(2)9-16-28(25)45-31(29)32(43)41(36)34-38-39-35(47-34)46-19-23-12-14-24(37)15-13-23/h3-17H,18-19H2,1-2H3. The van der Waals surface area contributed by atoms with Crippen LogP contribution in [0.3, 0.4) is 0 Å². The maximum atomic E-state index is 15.1. The van der Waals surface area contributed by atoms with Gasteiger partial charge in [-0.25, -0.2) is 4.39 Å². The molecule has 0 fully saturated rings. The highest BCUT2D eigenvalue weighted by Crippen LogP contribution is 2.55. The minimum absolute atomic E-state index is 0.0276. The summed E-state index contributed by atoms with van der Waals surface area (Å²) in [5.74, 6) is -1.13. The van der Waals surface area contributed by atoms with Crippen molar-refractivity contribution < 1.29 is 18.4 Å². The maximum Gasteiger partial charge on any atom is 0.297 e. The molecule has 2 aromatic heterocycles. The predicted molar refractivity (Wildman–Crippen MR) is 179 cm³/mol. The normalized spacial score (nSPS) is 16.8. The number of amides is 2. The lowest BCUT2D eigenvalue weighted by atomic mass is 9.84. The Kier molecular flexibility index (Phi) is 6.85. The van der Waals surface area contributed by atoms with E-state index < -0.39 is 22.8 Å². The molecule has 1 atom stereocenters. The summed E-state index contributed by atoms with van der Waals surface area (Å²) in [5.41, 5.74) is 2.69. The molecule has 1 spiro atoms. The average molecular weight is 661 g/mol. The van der Waals surface area contributed by atoms with Crippen molar-refractivity contribution in [3.05, 3.63) is 146 Å². The molecule has 47 heavy (non-hydrogen) atoms. The van der Waals surface area contributed by atoms with E-state index in [2.05, 4.69) is 10.2 Å². The lowest BCUT2D eigenvalue weighted by Crippen LogP contribution is -2.53. The lowest BCUT2D eigenvalue weighted by molar-refractivity contribution is -0.121. The fourth-order valence-electron chi connectivity index (χ4n) is 6.39. The van der Waals surface area contributed by atoms with Gasteiger partial charge in [-0.2, -0.15) is 0 Å². The number of thioether (sulfide) groups is 1. The summed E-state index contributed by atoms with van der Waals surface area (Å²) < 4.78 is 20.2. The highest BCUT2D eigenvalue weighted by atomic mass is 32.2. The topological polar surface area (TPSA) is 96.6 Å². The Bertz CT molecular complexity index is 2300. The Morgan fingerprint density at radius 2 is 1.60 bits per heavy atom. The van der Waals surface area contributed by atoms with Crippen molar-refractivity contribution in [3.8, 4) is 0 Å². The zero-order valence-electron chi connectivity index (χ0n) is 25.2. The Hall–Kier alpha value is -5.13. The van der Waals surface area contributed by atoms with Crippen molar-refractivity contribution in [2.75, 3.05) is 9.80 Å². The third-order valence-corrected chi connectivity index (χ3v) is 10.7. The molecule has 8 nitrogen and oxygen atoms in total. The van der Waals surface area contributed by atoms with Crippen LogP contribution in [0.2, 0.25) is 0 Å². The number of nitrogens with zero attached hydrogens (tertiary/aromatic N) is 4. The van der Waals surface area contributed by atoms with Crippen LogP contribution >= 0.6 is 23.1 Å². The van der Waals surface area contributed by atoms with Crippen molar-refractivity contribution in [1.29, 1.82) is 0 Å². The number of aryl methyl sites for hydroxylation is 2. The van der Waals surface area contributed by atoms with Crippen molar-refractivity contribution in [3.63, 3.8) is 0 Å². The van der Waals surface area contributed by atoms with Gasteiger partial charge in [0.15, 0.2) is 15.3 Å². The van der Waals surface area contributed by atoms with Crippen LogP contribution in [0.4, 0.5) is 15.2 Å². The molecule has 8 rings (SSSR count). The van der Waals surface area contributed by atoms with E-state index >= 15 is 4.79 Å². The van der Waals surface area contributed by atoms with Gasteiger partial charge in [0, 0.05) is 11.3 Å². The van der Waals surface area contributed by atoms with Crippen LogP contribution in [0.15, 0.2) is 105 Å². The first-order valence-corrected chi connectivity index (χ1v) is 16.7. The van der Waals surface area contributed by atoms with E-state index in [4.69, 9.17) is 4.42 Å². The number of anilines is 2. The summed E-state index contributed by atoms with van der Waals surface area (Å²) in [6.07, 6.45) is 0. The van der Waals surface area contributed by atoms with Crippen LogP contribution in [0.25, 0.3) is 11.0 Å². The highest BCUT2D eigenvalue weighted by molar-refractivity contribution is 8.00. The summed E-state index contributed by atoms with van der Waals surface area (Å²) >= 11 is 2.52. The summed E-state index contributed by atoms with van der Waals surface area (Å²) in [4.78, 5) is 47.1. The highest BCUT2D eigenvalue weighted by Gasteiger charge is 2.66. The van der Waals surface area contributed by atoms with Crippen molar-refractivity contribution in [2.24, 2.45) is 0 Å². The molecule has 232 valence electrons. The lowest BCUT2D eigenvalue weighted by Gasteiger charge is -2.32. The number of halogens is 1. The van der Waals surface area contributed by atoms with Gasteiger partial charge in [-0.1, -0.05) is 94.9 Å². The average Bonchev–Trinajstić information content (AvgIpc) is 3.71. The molecule has 6 aromatic rings. The molecule has 4 heterocycles. The molecular formula is C36H25FN4O4S2. The predicted octanol–water partition coefficient (Wildman–Crippen LogP) is 7.14. The molecule has 4 aromatic carbocycles. The number of carbonyl (C=O) groups is 2. The van der Waals surface area contributed by atoms with E-state index in [1.54, 1.807) is 47.4 Å². The van der Waals surface area contributed by atoms with Gasteiger partial charge in [0.25, 0.3) is 11.8 Å². The van der Waals surface area contributed by atoms with Crippen molar-refractivity contribution in [2.45, 2.75) is 36.0 Å². The fraction of sp³-hybridized carbons (Fsp3) is 0.139. The second-order valence-electron chi connectivity index (χ2n) is 11.6. The Morgan fingerprint density at radius 3 is 2.38 bits per heavy atom. The third-order valence-electron chi connectivity index (χ3n) is 8.60. The Labute approximate surface area is 276 Å². The van der Waals surface area contributed by atoms with Gasteiger partial charge in [-0.15, -0.1) is 10.2 Å². The molecule has 11 heteroatoms. The van der Waals surface area contributed by atoms with Crippen molar-refractivity contribution >= 4 is 56.7 Å². The van der Waals surface area contributed by atoms with E-state index in [1.807, 2.05) is 50.2 Å². The van der Waals surface area contributed by atoms with Crippen LogP contribution in [0.5, 0.6) is 0 Å². The first-order valence-electron chi connectivity index (χ1n) is 14.9. The number of rotatable bonds is 6. The fourth-order valence-corrected chi connectivity index (χ4v) is 8.23. The number of para-hydroxylation sites is 1. The van der Waals surface area contributed by atoms with Gasteiger partial charge in [-0.3, -0.25) is 19.3 Å². The summed E-state index contributed by atoms with van der Waals surface area (Å²) in [5, 5.41) is 9.18. The summed E-state index contributed by atoms with van der Waals surface area (Å²) in [6, 6.07) is 26.5. The number of hydrogen-bond donors (Lipinski definition) is 0. The first-order chi connectivity index (χ1) is 22.8. The van der Waals surface area contributed by atoms with Crippen LogP contribution in [0, 0.1) is 19.7 Å². The second kappa shape index (κ2) is 11.0. The Balaban J connectivity index is 1.31. The van der Waals surface area contributed by atoms with Gasteiger partial charge in [0.1, 0.15) is 11.4 Å². The van der Waals surface area contributed by atoms with Gasteiger partial charge in [-0.05, 0) is 55.3 Å². The molecule has 0 bridgehead atoms. The van der Waals surface area contributed by atoms with E-state index in [1.165, 1.54) is 28.8 Å². The minimum atomic E-state index is -1.87. The van der Waals surface area contributed by atoms with Crippen molar-refractivity contribution in [1.82, 2.24) is 10.2 Å². The number of carbonyl (C=O) groups excluding carboxylic acids is 2. The van der Waals surface area contributed by atoms with Gasteiger partial charge in [0.2, 0.25) is 10.9 Å². The molecule has 2 amide bonds. The molecule has 0 N–H and O–H groups in total. The molecule has 1 unspecified atom stereocenters. The molecule has 2 aliphatic heterocycles. The maximum absolute atomic E-state index is 15.1. The minimum Gasteiger partial charge on any atom is -0.450 e. The van der Waals surface area contributed by atoms with Crippen LogP contribution in [0.1, 0.15) is 43.9 Å². The quantitative estimate of drug-likeness (QED) is 0.138. The van der Waals surface area contributed by atoms with E-state index in [0.717, 1.165) is 33.6 Å². The molecule has 2 aliphatic rings.